The van der Waals surface area contributed by atoms with Gasteiger partial charge in [-0.05, 0) is 63.4 Å². The van der Waals surface area contributed by atoms with Crippen molar-refractivity contribution < 1.29 is 4.74 Å². The Morgan fingerprint density at radius 1 is 1.26 bits per heavy atom. The van der Waals surface area contributed by atoms with Gasteiger partial charge in [0.1, 0.15) is 0 Å². The highest BCUT2D eigenvalue weighted by atomic mass is 16.5. The molecule has 27 heavy (non-hydrogen) atoms. The predicted octanol–water partition coefficient (Wildman–Crippen LogP) is 5.24. The quantitative estimate of drug-likeness (QED) is 0.317. The molecule has 0 unspecified atom stereocenters. The molecule has 0 spiro atoms. The van der Waals surface area contributed by atoms with E-state index in [-0.39, 0.29) is 0 Å². The molecule has 0 saturated heterocycles. The number of nitrogens with zero attached hydrogens (tertiary/aromatic N) is 1. The maximum atomic E-state index is 5.26. The first-order valence-corrected chi connectivity index (χ1v) is 9.97. The summed E-state index contributed by atoms with van der Waals surface area (Å²) in [7, 11) is 1.93. The number of benzene rings is 1. The number of nitrogens with one attached hydrogen (secondary N) is 1. The SMILES string of the molecule is C=C(/C(C=NCC)=C/C)c1cc(C)ccc1NC.CCCCOCCCN. The van der Waals surface area contributed by atoms with E-state index in [2.05, 4.69) is 48.9 Å². The Morgan fingerprint density at radius 2 is 1.96 bits per heavy atom. The first kappa shape index (κ1) is 25.1. The number of allylic oxidation sites excluding steroid dienone is 3. The highest BCUT2D eigenvalue weighted by Crippen LogP contribution is 2.28. The van der Waals surface area contributed by atoms with Crippen LogP contribution in [-0.4, -0.2) is 39.6 Å². The zero-order valence-corrected chi connectivity index (χ0v) is 18.0. The number of rotatable bonds is 11. The topological polar surface area (TPSA) is 59.6 Å². The van der Waals surface area contributed by atoms with E-state index in [4.69, 9.17) is 10.5 Å². The summed E-state index contributed by atoms with van der Waals surface area (Å²) in [5.74, 6) is 0. The molecule has 0 radical (unpaired) electrons. The number of hydrogen-bond donors (Lipinski definition) is 2. The predicted molar refractivity (Wildman–Crippen MR) is 122 cm³/mol. The van der Waals surface area contributed by atoms with E-state index in [1.165, 1.54) is 18.4 Å². The molecule has 0 heterocycles. The standard InChI is InChI=1S/C16H22N2.C7H17NO/c1-6-14(11-18-7-2)13(4)15-10-12(3)8-9-16(15)17-5;1-2-3-6-9-7-4-5-8/h6,8-11,17H,4,7H2,1-3,5H3;2-8H2,1H3/b14-6+,18-11?;. The third kappa shape index (κ3) is 10.7. The Bertz CT molecular complexity index is 585. The van der Waals surface area contributed by atoms with Crippen LogP contribution in [0.25, 0.3) is 5.57 Å². The molecule has 0 aliphatic carbocycles. The van der Waals surface area contributed by atoms with Gasteiger partial charge >= 0.3 is 0 Å². The van der Waals surface area contributed by atoms with E-state index in [9.17, 15) is 0 Å². The number of hydrogen-bond acceptors (Lipinski definition) is 4. The van der Waals surface area contributed by atoms with Crippen LogP contribution in [0.3, 0.4) is 0 Å². The number of aliphatic imine (C=N–C) groups is 1. The zero-order valence-electron chi connectivity index (χ0n) is 18.0. The van der Waals surface area contributed by atoms with Crippen LogP contribution in [0.4, 0.5) is 5.69 Å². The van der Waals surface area contributed by atoms with Gasteiger partial charge in [0.25, 0.3) is 0 Å². The Labute approximate surface area is 166 Å². The zero-order chi connectivity index (χ0) is 20.5. The van der Waals surface area contributed by atoms with Crippen molar-refractivity contribution >= 4 is 17.5 Å². The monoisotopic (exact) mass is 373 g/mol. The lowest BCUT2D eigenvalue weighted by molar-refractivity contribution is 0.130. The van der Waals surface area contributed by atoms with Gasteiger partial charge in [0.05, 0.1) is 0 Å². The summed E-state index contributed by atoms with van der Waals surface area (Å²) < 4.78 is 5.23. The minimum atomic E-state index is 0.742. The van der Waals surface area contributed by atoms with Crippen molar-refractivity contribution in [2.45, 2.75) is 47.0 Å². The van der Waals surface area contributed by atoms with E-state index in [0.717, 1.165) is 55.1 Å². The van der Waals surface area contributed by atoms with Crippen molar-refractivity contribution in [3.63, 3.8) is 0 Å². The second-order valence-corrected chi connectivity index (χ2v) is 6.26. The van der Waals surface area contributed by atoms with E-state index < -0.39 is 0 Å². The van der Waals surface area contributed by atoms with Gasteiger partial charge in [0, 0.05) is 44.3 Å². The van der Waals surface area contributed by atoms with Gasteiger partial charge in [-0.15, -0.1) is 0 Å². The molecule has 0 saturated carbocycles. The first-order chi connectivity index (χ1) is 13.0. The molecule has 0 aromatic heterocycles. The third-order valence-corrected chi connectivity index (χ3v) is 3.98. The van der Waals surface area contributed by atoms with Gasteiger partial charge in [-0.1, -0.05) is 37.6 Å². The molecule has 3 N–H and O–H groups in total. The molecular formula is C23H39N3O. The third-order valence-electron chi connectivity index (χ3n) is 3.98. The van der Waals surface area contributed by atoms with Gasteiger partial charge in [-0.3, -0.25) is 4.99 Å². The number of ether oxygens (including phenoxy) is 1. The average molecular weight is 374 g/mol. The highest BCUT2D eigenvalue weighted by molar-refractivity contribution is 6.02. The van der Waals surface area contributed by atoms with Crippen LogP contribution in [-0.2, 0) is 4.74 Å². The first-order valence-electron chi connectivity index (χ1n) is 9.97. The lowest BCUT2D eigenvalue weighted by Gasteiger charge is -2.13. The largest absolute Gasteiger partial charge is 0.388 e. The summed E-state index contributed by atoms with van der Waals surface area (Å²) in [5, 5.41) is 3.21. The summed E-state index contributed by atoms with van der Waals surface area (Å²) >= 11 is 0. The molecule has 0 amide bonds. The molecule has 0 atom stereocenters. The maximum absolute atomic E-state index is 5.26. The van der Waals surface area contributed by atoms with Crippen molar-refractivity contribution in [2.75, 3.05) is 38.7 Å². The van der Waals surface area contributed by atoms with Crippen LogP contribution in [0.1, 0.15) is 51.2 Å². The lowest BCUT2D eigenvalue weighted by Crippen LogP contribution is -2.04. The van der Waals surface area contributed by atoms with Crippen LogP contribution < -0.4 is 11.1 Å². The second kappa shape index (κ2) is 16.3. The molecule has 4 heteroatoms. The van der Waals surface area contributed by atoms with E-state index in [1.54, 1.807) is 0 Å². The number of nitrogens with two attached hydrogens (primary N) is 1. The highest BCUT2D eigenvalue weighted by Gasteiger charge is 2.08. The molecule has 152 valence electrons. The fraction of sp³-hybridized carbons (Fsp3) is 0.522. The summed E-state index contributed by atoms with van der Waals surface area (Å²) in [6.07, 6.45) is 7.31. The molecular weight excluding hydrogens is 334 g/mol. The minimum absolute atomic E-state index is 0.742. The Kier molecular flexibility index (Phi) is 15.1. The smallest absolute Gasteiger partial charge is 0.0478 e. The van der Waals surface area contributed by atoms with Crippen LogP contribution in [0, 0.1) is 6.92 Å². The molecule has 0 fully saturated rings. The maximum Gasteiger partial charge on any atom is 0.0478 e. The van der Waals surface area contributed by atoms with Crippen molar-refractivity contribution in [1.29, 1.82) is 0 Å². The van der Waals surface area contributed by atoms with Crippen molar-refractivity contribution in [3.05, 3.63) is 47.6 Å². The summed E-state index contributed by atoms with van der Waals surface area (Å²) in [6, 6.07) is 6.33. The van der Waals surface area contributed by atoms with Gasteiger partial charge in [-0.25, -0.2) is 0 Å². The fourth-order valence-electron chi connectivity index (χ4n) is 2.33. The van der Waals surface area contributed by atoms with Gasteiger partial charge < -0.3 is 15.8 Å². The van der Waals surface area contributed by atoms with Crippen LogP contribution in [0.15, 0.2) is 41.4 Å². The van der Waals surface area contributed by atoms with Crippen molar-refractivity contribution in [1.82, 2.24) is 0 Å². The van der Waals surface area contributed by atoms with Crippen LogP contribution in [0.2, 0.25) is 0 Å². The minimum Gasteiger partial charge on any atom is -0.388 e. The Morgan fingerprint density at radius 3 is 2.52 bits per heavy atom. The van der Waals surface area contributed by atoms with Crippen molar-refractivity contribution in [2.24, 2.45) is 10.7 Å². The van der Waals surface area contributed by atoms with Crippen molar-refractivity contribution in [3.8, 4) is 0 Å². The van der Waals surface area contributed by atoms with Crippen LogP contribution >= 0.6 is 0 Å². The average Bonchev–Trinajstić information content (AvgIpc) is 2.68. The molecule has 0 aliphatic heterocycles. The van der Waals surface area contributed by atoms with E-state index in [1.807, 2.05) is 33.2 Å². The van der Waals surface area contributed by atoms with Gasteiger partial charge in [0.15, 0.2) is 0 Å². The number of unbranched alkanes of at least 4 members (excludes halogenated alkanes) is 1. The molecule has 1 rings (SSSR count). The molecule has 0 aliphatic rings. The van der Waals surface area contributed by atoms with E-state index in [0.29, 0.717) is 0 Å². The molecule has 0 bridgehead atoms. The normalized spacial score (nSPS) is 11.3. The van der Waals surface area contributed by atoms with Gasteiger partial charge in [-0.2, -0.15) is 0 Å². The van der Waals surface area contributed by atoms with Crippen LogP contribution in [0.5, 0.6) is 0 Å². The molecule has 1 aromatic rings. The second-order valence-electron chi connectivity index (χ2n) is 6.26. The summed E-state index contributed by atoms with van der Waals surface area (Å²) in [4.78, 5) is 4.29. The Balaban J connectivity index is 0.000000636. The lowest BCUT2D eigenvalue weighted by atomic mass is 9.96. The van der Waals surface area contributed by atoms with E-state index >= 15 is 0 Å². The Hall–Kier alpha value is -1.91. The number of anilines is 1. The fourth-order valence-corrected chi connectivity index (χ4v) is 2.33. The summed E-state index contributed by atoms with van der Waals surface area (Å²) in [5.41, 5.74) is 10.8. The van der Waals surface area contributed by atoms with Gasteiger partial charge in [0.2, 0.25) is 0 Å². The molecule has 4 nitrogen and oxygen atoms in total. The number of aryl methyl sites for hydroxylation is 1. The summed E-state index contributed by atoms with van der Waals surface area (Å²) in [6.45, 7) is 15.7. The molecule has 1 aromatic carbocycles.